The molecule has 3 heterocycles. The average molecular weight is 367 g/mol. The molecule has 3 N–H and O–H groups in total. The van der Waals surface area contributed by atoms with Gasteiger partial charge < -0.3 is 20.4 Å². The number of amides is 2. The fourth-order valence-corrected chi connectivity index (χ4v) is 3.96. The highest BCUT2D eigenvalue weighted by atomic mass is 32.2. The molecule has 10 heteroatoms. The number of nitrogens with one attached hydrogen (secondary N) is 1. The van der Waals surface area contributed by atoms with E-state index in [4.69, 9.17) is 10.2 Å². The quantitative estimate of drug-likeness (QED) is 0.764. The topological polar surface area (TPSA) is 114 Å². The number of furan rings is 1. The lowest BCUT2D eigenvalue weighted by Gasteiger charge is -2.32. The summed E-state index contributed by atoms with van der Waals surface area (Å²) >= 11 is 2.55. The van der Waals surface area contributed by atoms with Gasteiger partial charge in [0, 0.05) is 19.1 Å². The molecular formula is C14H17N5O3S2. The van der Waals surface area contributed by atoms with Crippen LogP contribution in [-0.2, 0) is 4.79 Å². The molecule has 0 unspecified atom stereocenters. The van der Waals surface area contributed by atoms with Gasteiger partial charge in [0.15, 0.2) is 10.1 Å². The summed E-state index contributed by atoms with van der Waals surface area (Å²) in [5.41, 5.74) is 5.50. The smallest absolute Gasteiger partial charge is 0.289 e. The molecule has 1 aliphatic rings. The van der Waals surface area contributed by atoms with Crippen molar-refractivity contribution in [2.75, 3.05) is 24.6 Å². The number of aromatic nitrogens is 2. The third-order valence-corrected chi connectivity index (χ3v) is 5.44. The predicted octanol–water partition coefficient (Wildman–Crippen LogP) is 1.23. The Labute approximate surface area is 146 Å². The number of nitrogen functional groups attached to an aromatic ring is 1. The Balaban J connectivity index is 1.48. The summed E-state index contributed by atoms with van der Waals surface area (Å²) < 4.78 is 5.82. The van der Waals surface area contributed by atoms with E-state index in [1.54, 1.807) is 17.0 Å². The third kappa shape index (κ3) is 4.26. The number of piperidine rings is 1. The van der Waals surface area contributed by atoms with E-state index in [1.807, 2.05) is 0 Å². The Kier molecular flexibility index (Phi) is 5.36. The molecule has 1 atom stereocenters. The molecule has 0 aromatic carbocycles. The molecule has 0 spiro atoms. The highest BCUT2D eigenvalue weighted by molar-refractivity contribution is 8.01. The lowest BCUT2D eigenvalue weighted by atomic mass is 10.1. The SMILES string of the molecule is Nc1nnc(SCC(=O)N[C@H]2CCCN(C(=O)c3ccco3)C2)s1. The van der Waals surface area contributed by atoms with Crippen LogP contribution in [0.1, 0.15) is 23.4 Å². The Hall–Kier alpha value is -2.07. The Bertz CT molecular complexity index is 703. The van der Waals surface area contributed by atoms with E-state index in [1.165, 1.54) is 29.4 Å². The zero-order chi connectivity index (χ0) is 16.9. The van der Waals surface area contributed by atoms with Crippen molar-refractivity contribution >= 4 is 40.0 Å². The largest absolute Gasteiger partial charge is 0.459 e. The second-order valence-electron chi connectivity index (χ2n) is 5.33. The number of hydrogen-bond acceptors (Lipinski definition) is 8. The number of likely N-dealkylation sites (tertiary alicyclic amines) is 1. The molecule has 8 nitrogen and oxygen atoms in total. The Morgan fingerprint density at radius 2 is 2.38 bits per heavy atom. The summed E-state index contributed by atoms with van der Waals surface area (Å²) in [6, 6.07) is 3.29. The minimum atomic E-state index is -0.141. The zero-order valence-corrected chi connectivity index (χ0v) is 14.4. The van der Waals surface area contributed by atoms with Gasteiger partial charge in [0.1, 0.15) is 0 Å². The molecule has 0 aliphatic carbocycles. The van der Waals surface area contributed by atoms with Crippen LogP contribution in [-0.4, -0.2) is 51.8 Å². The summed E-state index contributed by atoms with van der Waals surface area (Å²) in [6.07, 6.45) is 3.18. The van der Waals surface area contributed by atoms with Gasteiger partial charge in [-0.05, 0) is 25.0 Å². The van der Waals surface area contributed by atoms with Crippen LogP contribution in [0.2, 0.25) is 0 Å². The molecule has 0 radical (unpaired) electrons. The number of thioether (sulfide) groups is 1. The van der Waals surface area contributed by atoms with Crippen LogP contribution in [0.15, 0.2) is 27.2 Å². The number of carbonyl (C=O) groups is 2. The fraction of sp³-hybridized carbons (Fsp3) is 0.429. The lowest BCUT2D eigenvalue weighted by Crippen LogP contribution is -2.50. The maximum atomic E-state index is 12.3. The Morgan fingerprint density at radius 1 is 1.50 bits per heavy atom. The number of nitrogens with zero attached hydrogens (tertiary/aromatic N) is 3. The summed E-state index contributed by atoms with van der Waals surface area (Å²) in [5, 5.41) is 10.9. The number of carbonyl (C=O) groups excluding carboxylic acids is 2. The molecule has 128 valence electrons. The molecule has 0 bridgehead atoms. The van der Waals surface area contributed by atoms with Crippen molar-refractivity contribution in [2.24, 2.45) is 0 Å². The van der Waals surface area contributed by atoms with Gasteiger partial charge in [-0.15, -0.1) is 10.2 Å². The van der Waals surface area contributed by atoms with E-state index < -0.39 is 0 Å². The molecule has 0 saturated carbocycles. The highest BCUT2D eigenvalue weighted by Crippen LogP contribution is 2.23. The minimum absolute atomic E-state index is 0.0507. The van der Waals surface area contributed by atoms with Crippen molar-refractivity contribution in [3.8, 4) is 0 Å². The summed E-state index contributed by atoms with van der Waals surface area (Å²) in [6.45, 7) is 1.16. The van der Waals surface area contributed by atoms with E-state index in [9.17, 15) is 9.59 Å². The lowest BCUT2D eigenvalue weighted by molar-refractivity contribution is -0.119. The van der Waals surface area contributed by atoms with Crippen LogP contribution in [0, 0.1) is 0 Å². The Morgan fingerprint density at radius 3 is 3.08 bits per heavy atom. The first-order chi connectivity index (χ1) is 11.6. The average Bonchev–Trinajstić information content (AvgIpc) is 3.24. The number of nitrogens with two attached hydrogens (primary N) is 1. The molecule has 1 fully saturated rings. The van der Waals surface area contributed by atoms with Crippen molar-refractivity contribution in [1.29, 1.82) is 0 Å². The van der Waals surface area contributed by atoms with Crippen molar-refractivity contribution in [3.05, 3.63) is 24.2 Å². The first-order valence-electron chi connectivity index (χ1n) is 7.46. The standard InChI is InChI=1S/C14H17N5O3S2/c15-13-17-18-14(24-13)23-8-11(20)16-9-3-1-5-19(7-9)12(21)10-4-2-6-22-10/h2,4,6,9H,1,3,5,7-8H2,(H2,15,17)(H,16,20)/t9-/m0/s1. The van der Waals surface area contributed by atoms with Gasteiger partial charge >= 0.3 is 0 Å². The molecule has 1 saturated heterocycles. The van der Waals surface area contributed by atoms with Gasteiger partial charge in [0.2, 0.25) is 11.0 Å². The van der Waals surface area contributed by atoms with Crippen LogP contribution in [0.4, 0.5) is 5.13 Å². The number of hydrogen-bond donors (Lipinski definition) is 2. The molecule has 2 aromatic heterocycles. The van der Waals surface area contributed by atoms with Crippen LogP contribution >= 0.6 is 23.1 Å². The predicted molar refractivity (Wildman–Crippen MR) is 90.8 cm³/mol. The molecule has 1 aliphatic heterocycles. The van der Waals surface area contributed by atoms with Gasteiger partial charge in [-0.1, -0.05) is 23.1 Å². The van der Waals surface area contributed by atoms with Crippen molar-refractivity contribution < 1.29 is 14.0 Å². The van der Waals surface area contributed by atoms with Crippen LogP contribution < -0.4 is 11.1 Å². The summed E-state index contributed by atoms with van der Waals surface area (Å²) in [7, 11) is 0. The van der Waals surface area contributed by atoms with Gasteiger partial charge in [-0.2, -0.15) is 0 Å². The number of anilines is 1. The van der Waals surface area contributed by atoms with Gasteiger partial charge in [-0.3, -0.25) is 9.59 Å². The maximum absolute atomic E-state index is 12.3. The van der Waals surface area contributed by atoms with Gasteiger partial charge in [0.05, 0.1) is 12.0 Å². The van der Waals surface area contributed by atoms with Gasteiger partial charge in [-0.25, -0.2) is 0 Å². The normalized spacial score (nSPS) is 17.7. The van der Waals surface area contributed by atoms with Crippen LogP contribution in [0.25, 0.3) is 0 Å². The first-order valence-corrected chi connectivity index (χ1v) is 9.26. The second-order valence-corrected chi connectivity index (χ2v) is 7.56. The molecule has 24 heavy (non-hydrogen) atoms. The van der Waals surface area contributed by atoms with Crippen molar-refractivity contribution in [1.82, 2.24) is 20.4 Å². The van der Waals surface area contributed by atoms with Crippen molar-refractivity contribution in [3.63, 3.8) is 0 Å². The monoisotopic (exact) mass is 367 g/mol. The first kappa shape index (κ1) is 16.8. The summed E-state index contributed by atoms with van der Waals surface area (Å²) in [5.74, 6) is 0.340. The van der Waals surface area contributed by atoms with E-state index >= 15 is 0 Å². The highest BCUT2D eigenvalue weighted by Gasteiger charge is 2.26. The molecule has 3 rings (SSSR count). The summed E-state index contributed by atoms with van der Waals surface area (Å²) in [4.78, 5) is 26.1. The second kappa shape index (κ2) is 7.67. The maximum Gasteiger partial charge on any atom is 0.289 e. The van der Waals surface area contributed by atoms with E-state index in [0.717, 1.165) is 12.8 Å². The number of rotatable bonds is 5. The third-order valence-electron chi connectivity index (χ3n) is 3.55. The molecule has 2 aromatic rings. The molecule has 2 amide bonds. The fourth-order valence-electron chi connectivity index (χ4n) is 2.51. The van der Waals surface area contributed by atoms with Crippen LogP contribution in [0.3, 0.4) is 0 Å². The van der Waals surface area contributed by atoms with E-state index in [2.05, 4.69) is 15.5 Å². The van der Waals surface area contributed by atoms with Gasteiger partial charge in [0.25, 0.3) is 5.91 Å². The zero-order valence-electron chi connectivity index (χ0n) is 12.8. The van der Waals surface area contributed by atoms with Crippen molar-refractivity contribution in [2.45, 2.75) is 23.2 Å². The van der Waals surface area contributed by atoms with E-state index in [0.29, 0.717) is 28.3 Å². The van der Waals surface area contributed by atoms with E-state index in [-0.39, 0.29) is 23.6 Å². The molecular weight excluding hydrogens is 350 g/mol. The van der Waals surface area contributed by atoms with Crippen LogP contribution in [0.5, 0.6) is 0 Å². The minimum Gasteiger partial charge on any atom is -0.459 e.